The molecule has 0 aliphatic carbocycles. The van der Waals surface area contributed by atoms with Gasteiger partial charge in [0.25, 0.3) is 5.91 Å². The summed E-state index contributed by atoms with van der Waals surface area (Å²) in [5.74, 6) is 0.146. The van der Waals surface area contributed by atoms with Crippen LogP contribution in [0.25, 0.3) is 0 Å². The minimum absolute atomic E-state index is 0.00136. The van der Waals surface area contributed by atoms with Gasteiger partial charge in [0.2, 0.25) is 0 Å². The number of benzene rings is 2. The molecule has 1 amide bonds. The van der Waals surface area contributed by atoms with Crippen LogP contribution in [-0.4, -0.2) is 28.4 Å². The number of rotatable bonds is 8. The molecule has 0 saturated heterocycles. The Labute approximate surface area is 171 Å². The number of primary amides is 1. The van der Waals surface area contributed by atoms with Gasteiger partial charge in [-0.05, 0) is 35.7 Å². The number of halogens is 1. The molecular formula is C20H20ClN3O5. The van der Waals surface area contributed by atoms with E-state index in [1.54, 1.807) is 7.11 Å². The molecule has 8 nitrogen and oxygen atoms in total. The summed E-state index contributed by atoms with van der Waals surface area (Å²) in [6.45, 7) is 0.411. The van der Waals surface area contributed by atoms with E-state index in [4.69, 9.17) is 26.6 Å². The van der Waals surface area contributed by atoms with Crippen LogP contribution in [0.3, 0.4) is 0 Å². The van der Waals surface area contributed by atoms with Crippen LogP contribution in [0.1, 0.15) is 27.4 Å². The number of aromatic nitrogens is 1. The summed E-state index contributed by atoms with van der Waals surface area (Å²) in [7, 11) is 1.59. The molecule has 3 rings (SSSR count). The molecule has 0 radical (unpaired) electrons. The van der Waals surface area contributed by atoms with E-state index in [-0.39, 0.29) is 22.2 Å². The van der Waals surface area contributed by atoms with E-state index in [1.165, 1.54) is 12.1 Å². The molecule has 0 aliphatic heterocycles. The van der Waals surface area contributed by atoms with Crippen LogP contribution < -0.4 is 15.8 Å². The Balaban J connectivity index is 1.77. The van der Waals surface area contributed by atoms with Gasteiger partial charge in [0.15, 0.2) is 11.5 Å². The summed E-state index contributed by atoms with van der Waals surface area (Å²) >= 11 is 5.90. The molecule has 0 saturated carbocycles. The lowest BCUT2D eigenvalue weighted by atomic mass is 10.1. The zero-order valence-corrected chi connectivity index (χ0v) is 16.4. The van der Waals surface area contributed by atoms with Crippen molar-refractivity contribution in [2.24, 2.45) is 5.73 Å². The summed E-state index contributed by atoms with van der Waals surface area (Å²) in [4.78, 5) is 11.7. The van der Waals surface area contributed by atoms with Crippen molar-refractivity contribution in [3.63, 3.8) is 0 Å². The van der Waals surface area contributed by atoms with Crippen LogP contribution in [0.2, 0.25) is 5.02 Å². The van der Waals surface area contributed by atoms with Crippen LogP contribution in [0, 0.1) is 0 Å². The average Bonchev–Trinajstić information content (AvgIpc) is 3.11. The van der Waals surface area contributed by atoms with Crippen molar-refractivity contribution in [3.8, 4) is 17.2 Å². The number of ether oxygens (including phenoxy) is 1. The Morgan fingerprint density at radius 2 is 1.93 bits per heavy atom. The predicted molar refractivity (Wildman–Crippen MR) is 108 cm³/mol. The number of aryl methyl sites for hydroxylation is 2. The van der Waals surface area contributed by atoms with Gasteiger partial charge in [-0.25, -0.2) is 0 Å². The number of aromatic hydroxyl groups is 2. The van der Waals surface area contributed by atoms with E-state index in [9.17, 15) is 15.0 Å². The van der Waals surface area contributed by atoms with Crippen molar-refractivity contribution in [1.82, 2.24) is 5.16 Å². The van der Waals surface area contributed by atoms with Crippen LogP contribution in [0.15, 0.2) is 40.9 Å². The molecule has 0 aliphatic rings. The molecule has 152 valence electrons. The lowest BCUT2D eigenvalue weighted by Crippen LogP contribution is -2.14. The molecule has 1 heterocycles. The monoisotopic (exact) mass is 417 g/mol. The van der Waals surface area contributed by atoms with Crippen LogP contribution in [0.5, 0.6) is 17.2 Å². The highest BCUT2D eigenvalue weighted by Gasteiger charge is 2.20. The third-order valence-electron chi connectivity index (χ3n) is 4.39. The number of hydrogen-bond donors (Lipinski definition) is 4. The molecule has 0 atom stereocenters. The lowest BCUT2D eigenvalue weighted by molar-refractivity contribution is 0.0992. The number of amides is 1. The highest BCUT2D eigenvalue weighted by atomic mass is 35.5. The molecule has 0 bridgehead atoms. The van der Waals surface area contributed by atoms with Crippen molar-refractivity contribution in [3.05, 3.63) is 64.0 Å². The Kier molecular flexibility index (Phi) is 6.13. The molecule has 3 aromatic rings. The van der Waals surface area contributed by atoms with Crippen LogP contribution in [0.4, 0.5) is 5.69 Å². The number of nitrogens with one attached hydrogen (secondary N) is 1. The van der Waals surface area contributed by atoms with Gasteiger partial charge in [-0.3, -0.25) is 4.79 Å². The highest BCUT2D eigenvalue weighted by Crippen LogP contribution is 2.32. The molecule has 1 aromatic heterocycles. The zero-order valence-electron chi connectivity index (χ0n) is 15.6. The fourth-order valence-corrected chi connectivity index (χ4v) is 3.01. The topological polar surface area (TPSA) is 131 Å². The maximum Gasteiger partial charge on any atom is 0.273 e. The summed E-state index contributed by atoms with van der Waals surface area (Å²) in [5, 5.41) is 26.6. The van der Waals surface area contributed by atoms with E-state index in [2.05, 4.69) is 10.5 Å². The predicted octanol–water partition coefficient (Wildman–Crippen LogP) is 3.24. The molecule has 29 heavy (non-hydrogen) atoms. The van der Waals surface area contributed by atoms with Gasteiger partial charge in [0.05, 0.1) is 12.1 Å². The number of nitrogens with two attached hydrogens (primary N) is 1. The fourth-order valence-electron chi connectivity index (χ4n) is 2.82. The largest absolute Gasteiger partial charge is 0.508 e. The second-order valence-electron chi connectivity index (χ2n) is 6.33. The fraction of sp³-hybridized carbons (Fsp3) is 0.200. The number of methoxy groups -OCH3 is 1. The number of phenols is 2. The SMILES string of the molecule is COc1ccc(CNc2c(C(N)=O)noc2CCc2cc(Cl)c(O)cc2O)cc1. The van der Waals surface area contributed by atoms with E-state index in [0.717, 1.165) is 11.3 Å². The number of carbonyl (C=O) groups excluding carboxylic acids is 1. The van der Waals surface area contributed by atoms with Gasteiger partial charge in [-0.15, -0.1) is 0 Å². The van der Waals surface area contributed by atoms with Gasteiger partial charge in [-0.1, -0.05) is 28.9 Å². The van der Waals surface area contributed by atoms with Gasteiger partial charge in [0, 0.05) is 19.0 Å². The van der Waals surface area contributed by atoms with E-state index >= 15 is 0 Å². The summed E-state index contributed by atoms with van der Waals surface area (Å²) in [6.07, 6.45) is 0.663. The molecule has 9 heteroatoms. The second kappa shape index (κ2) is 8.74. The van der Waals surface area contributed by atoms with Crippen molar-refractivity contribution in [2.45, 2.75) is 19.4 Å². The molecule has 0 fully saturated rings. The number of nitrogens with zero attached hydrogens (tertiary/aromatic N) is 1. The van der Waals surface area contributed by atoms with Gasteiger partial charge in [-0.2, -0.15) is 0 Å². The first-order valence-electron chi connectivity index (χ1n) is 8.74. The third-order valence-corrected chi connectivity index (χ3v) is 4.70. The molecule has 5 N–H and O–H groups in total. The third kappa shape index (κ3) is 4.72. The number of carbonyl (C=O) groups is 1. The Bertz CT molecular complexity index is 1020. The first kappa shape index (κ1) is 20.3. The molecule has 0 unspecified atom stereocenters. The first-order valence-corrected chi connectivity index (χ1v) is 9.12. The van der Waals surface area contributed by atoms with Crippen molar-refractivity contribution in [1.29, 1.82) is 0 Å². The zero-order chi connectivity index (χ0) is 21.0. The minimum Gasteiger partial charge on any atom is -0.508 e. The number of hydrogen-bond acceptors (Lipinski definition) is 7. The Morgan fingerprint density at radius 3 is 2.59 bits per heavy atom. The van der Waals surface area contributed by atoms with Crippen LogP contribution in [-0.2, 0) is 19.4 Å². The smallest absolute Gasteiger partial charge is 0.273 e. The van der Waals surface area contributed by atoms with E-state index in [0.29, 0.717) is 36.4 Å². The van der Waals surface area contributed by atoms with Crippen molar-refractivity contribution < 1.29 is 24.3 Å². The van der Waals surface area contributed by atoms with Crippen molar-refractivity contribution in [2.75, 3.05) is 12.4 Å². The van der Waals surface area contributed by atoms with E-state index < -0.39 is 5.91 Å². The molecular weight excluding hydrogens is 398 g/mol. The summed E-state index contributed by atoms with van der Waals surface area (Å²) in [5.41, 5.74) is 7.28. The maximum atomic E-state index is 11.7. The van der Waals surface area contributed by atoms with Crippen molar-refractivity contribution >= 4 is 23.2 Å². The maximum absolute atomic E-state index is 11.7. The minimum atomic E-state index is -0.715. The quantitative estimate of drug-likeness (QED) is 0.442. The molecule has 0 spiro atoms. The van der Waals surface area contributed by atoms with E-state index in [1.807, 2.05) is 24.3 Å². The highest BCUT2D eigenvalue weighted by molar-refractivity contribution is 6.32. The summed E-state index contributed by atoms with van der Waals surface area (Å²) < 4.78 is 10.4. The Hall–Kier alpha value is -3.39. The van der Waals surface area contributed by atoms with Gasteiger partial charge >= 0.3 is 0 Å². The molecule has 2 aromatic carbocycles. The van der Waals surface area contributed by atoms with Gasteiger partial charge in [0.1, 0.15) is 22.9 Å². The normalized spacial score (nSPS) is 10.7. The van der Waals surface area contributed by atoms with Gasteiger partial charge < -0.3 is 30.5 Å². The standard InChI is InChI=1S/C20H20ClN3O5/c1-28-13-5-2-11(3-6-13)10-23-18-17(29-24-19(18)20(22)27)7-4-12-8-14(21)16(26)9-15(12)25/h2-3,5-6,8-9,23,25-26H,4,7,10H2,1H3,(H2,22,27). The summed E-state index contributed by atoms with van der Waals surface area (Å²) in [6, 6.07) is 10.1. The lowest BCUT2D eigenvalue weighted by Gasteiger charge is -2.09. The van der Waals surface area contributed by atoms with Crippen LogP contribution >= 0.6 is 11.6 Å². The average molecular weight is 418 g/mol. The number of anilines is 1. The second-order valence-corrected chi connectivity index (χ2v) is 6.73. The first-order chi connectivity index (χ1) is 13.9. The number of phenolic OH excluding ortho intramolecular Hbond substituents is 2. The Morgan fingerprint density at radius 1 is 1.21 bits per heavy atom.